The van der Waals surface area contributed by atoms with Crippen LogP contribution < -0.4 is 10.6 Å². The third-order valence-electron chi connectivity index (χ3n) is 4.07. The fraction of sp³-hybridized carbons (Fsp3) is 0.263. The Bertz CT molecular complexity index is 935. The highest BCUT2D eigenvalue weighted by atomic mass is 79.9. The fourth-order valence-corrected chi connectivity index (χ4v) is 3.97. The number of hydrogen-bond acceptors (Lipinski definition) is 6. The van der Waals surface area contributed by atoms with Crippen molar-refractivity contribution in [1.82, 2.24) is 19.9 Å². The normalized spacial score (nSPS) is 10.5. The summed E-state index contributed by atoms with van der Waals surface area (Å²) in [5, 5.41) is 6.33. The molecule has 0 bridgehead atoms. The summed E-state index contributed by atoms with van der Waals surface area (Å²) in [4.78, 5) is 27.7. The van der Waals surface area contributed by atoms with E-state index in [1.54, 1.807) is 18.5 Å². The maximum atomic E-state index is 12.4. The number of rotatable bonds is 7. The predicted molar refractivity (Wildman–Crippen MR) is 124 cm³/mol. The Kier molecular flexibility index (Phi) is 8.97. The number of pyridine rings is 2. The number of urea groups is 1. The molecule has 0 aliphatic carbocycles. The molecule has 3 aromatic heterocycles. The molecule has 3 heterocycles. The third-order valence-corrected chi connectivity index (χ3v) is 5.83. The molecule has 7 nitrogen and oxygen atoms in total. The molecule has 0 radical (unpaired) electrons. The molecule has 0 spiro atoms. The topological polar surface area (TPSA) is 83.0 Å². The summed E-state index contributed by atoms with van der Waals surface area (Å²) in [6.45, 7) is 6.88. The summed E-state index contributed by atoms with van der Waals surface area (Å²) >= 11 is 4.90. The lowest BCUT2D eigenvalue weighted by Crippen LogP contribution is -2.24. The quantitative estimate of drug-likeness (QED) is 0.464. The van der Waals surface area contributed by atoms with Crippen molar-refractivity contribution in [3.05, 3.63) is 52.2 Å². The standard InChI is InChI=1S/C19H21BrN6OS.ClH/c1-3-26(4-2)12-14-6-5-7-15(22-14)23-19(27)25-17-16(20)28-18(24-17)13-8-10-21-11-9-13;/h5-11H,3-4,12H2,1-2H3,(H2,22,23,25,27);1H. The molecule has 154 valence electrons. The van der Waals surface area contributed by atoms with Crippen molar-refractivity contribution in [3.8, 4) is 10.6 Å². The maximum Gasteiger partial charge on any atom is 0.326 e. The number of anilines is 2. The summed E-state index contributed by atoms with van der Waals surface area (Å²) < 4.78 is 0.748. The lowest BCUT2D eigenvalue weighted by atomic mass is 10.3. The van der Waals surface area contributed by atoms with Gasteiger partial charge in [0.15, 0.2) is 5.82 Å². The molecular weight excluding hydrogens is 476 g/mol. The molecule has 0 aromatic carbocycles. The van der Waals surface area contributed by atoms with Gasteiger partial charge in [-0.3, -0.25) is 20.5 Å². The second-order valence-corrected chi connectivity index (χ2v) is 8.25. The van der Waals surface area contributed by atoms with Gasteiger partial charge in [-0.15, -0.1) is 23.7 Å². The molecule has 0 aliphatic heterocycles. The first kappa shape index (κ1) is 23.2. The van der Waals surface area contributed by atoms with E-state index in [-0.39, 0.29) is 18.4 Å². The molecule has 2 N–H and O–H groups in total. The van der Waals surface area contributed by atoms with Gasteiger partial charge in [0.2, 0.25) is 0 Å². The number of nitrogens with zero attached hydrogens (tertiary/aromatic N) is 4. The highest BCUT2D eigenvalue weighted by Gasteiger charge is 2.14. The van der Waals surface area contributed by atoms with E-state index in [0.717, 1.165) is 39.7 Å². The van der Waals surface area contributed by atoms with Crippen LogP contribution in [0.3, 0.4) is 0 Å². The Balaban J connectivity index is 0.00000300. The minimum absolute atomic E-state index is 0. The van der Waals surface area contributed by atoms with Crippen molar-refractivity contribution >= 4 is 57.3 Å². The first-order valence-electron chi connectivity index (χ1n) is 8.92. The highest BCUT2D eigenvalue weighted by molar-refractivity contribution is 9.11. The number of aromatic nitrogens is 3. The van der Waals surface area contributed by atoms with Crippen LogP contribution in [0.1, 0.15) is 19.5 Å². The molecule has 0 unspecified atom stereocenters. The molecule has 0 aliphatic rings. The number of amides is 2. The number of carbonyl (C=O) groups is 1. The van der Waals surface area contributed by atoms with Crippen LogP contribution in [0.4, 0.5) is 16.4 Å². The van der Waals surface area contributed by atoms with E-state index < -0.39 is 0 Å². The van der Waals surface area contributed by atoms with Crippen molar-refractivity contribution in [1.29, 1.82) is 0 Å². The predicted octanol–water partition coefficient (Wildman–Crippen LogP) is 5.27. The fourth-order valence-electron chi connectivity index (χ4n) is 2.57. The Hall–Kier alpha value is -2.07. The van der Waals surface area contributed by atoms with Gasteiger partial charge in [0.05, 0.1) is 5.69 Å². The van der Waals surface area contributed by atoms with Gasteiger partial charge in [0, 0.05) is 24.5 Å². The zero-order valence-electron chi connectivity index (χ0n) is 16.1. The molecule has 3 aromatic rings. The minimum atomic E-state index is -0.389. The first-order chi connectivity index (χ1) is 13.6. The molecule has 29 heavy (non-hydrogen) atoms. The number of hydrogen-bond donors (Lipinski definition) is 2. The zero-order chi connectivity index (χ0) is 19.9. The Labute approximate surface area is 188 Å². The Morgan fingerprint density at radius 2 is 1.83 bits per heavy atom. The lowest BCUT2D eigenvalue weighted by molar-refractivity contribution is 0.262. The van der Waals surface area contributed by atoms with Crippen LogP contribution >= 0.6 is 39.7 Å². The van der Waals surface area contributed by atoms with Gasteiger partial charge >= 0.3 is 6.03 Å². The Morgan fingerprint density at radius 3 is 2.52 bits per heavy atom. The van der Waals surface area contributed by atoms with Crippen molar-refractivity contribution in [2.75, 3.05) is 23.7 Å². The SMILES string of the molecule is CCN(CC)Cc1cccc(NC(=O)Nc2nc(-c3ccncc3)sc2Br)n1.Cl. The monoisotopic (exact) mass is 496 g/mol. The highest BCUT2D eigenvalue weighted by Crippen LogP contribution is 2.34. The molecule has 2 amide bonds. The average Bonchev–Trinajstić information content (AvgIpc) is 3.07. The number of halogens is 2. The third kappa shape index (κ3) is 6.46. The molecule has 10 heteroatoms. The maximum absolute atomic E-state index is 12.4. The van der Waals surface area contributed by atoms with Gasteiger partial charge in [-0.25, -0.2) is 14.8 Å². The second-order valence-electron chi connectivity index (χ2n) is 5.93. The van der Waals surface area contributed by atoms with E-state index in [2.05, 4.69) is 60.3 Å². The number of thiazole rings is 1. The zero-order valence-corrected chi connectivity index (χ0v) is 19.3. The Morgan fingerprint density at radius 1 is 1.10 bits per heavy atom. The lowest BCUT2D eigenvalue weighted by Gasteiger charge is -2.17. The first-order valence-corrected chi connectivity index (χ1v) is 10.5. The molecule has 0 fully saturated rings. The average molecular weight is 498 g/mol. The molecular formula is C19H22BrClN6OS. The van der Waals surface area contributed by atoms with Crippen LogP contribution in [0.2, 0.25) is 0 Å². The van der Waals surface area contributed by atoms with E-state index in [4.69, 9.17) is 0 Å². The van der Waals surface area contributed by atoms with E-state index in [1.807, 2.05) is 24.3 Å². The number of carbonyl (C=O) groups excluding carboxylic acids is 1. The van der Waals surface area contributed by atoms with Crippen molar-refractivity contribution in [3.63, 3.8) is 0 Å². The van der Waals surface area contributed by atoms with Crippen LogP contribution in [0.5, 0.6) is 0 Å². The van der Waals surface area contributed by atoms with Crippen LogP contribution in [0.25, 0.3) is 10.6 Å². The van der Waals surface area contributed by atoms with E-state index >= 15 is 0 Å². The summed E-state index contributed by atoms with van der Waals surface area (Å²) in [6, 6.07) is 8.98. The summed E-state index contributed by atoms with van der Waals surface area (Å²) in [7, 11) is 0. The largest absolute Gasteiger partial charge is 0.326 e. The van der Waals surface area contributed by atoms with Gasteiger partial charge < -0.3 is 0 Å². The van der Waals surface area contributed by atoms with Crippen LogP contribution in [0.15, 0.2) is 46.5 Å². The van der Waals surface area contributed by atoms with E-state index in [0.29, 0.717) is 11.6 Å². The van der Waals surface area contributed by atoms with Gasteiger partial charge in [0.1, 0.15) is 14.6 Å². The van der Waals surface area contributed by atoms with Crippen molar-refractivity contribution < 1.29 is 4.79 Å². The second kappa shape index (κ2) is 11.2. The number of nitrogens with one attached hydrogen (secondary N) is 2. The van der Waals surface area contributed by atoms with E-state index in [1.165, 1.54) is 11.3 Å². The van der Waals surface area contributed by atoms with Crippen molar-refractivity contribution in [2.24, 2.45) is 0 Å². The van der Waals surface area contributed by atoms with Gasteiger partial charge in [-0.2, -0.15) is 0 Å². The van der Waals surface area contributed by atoms with Crippen molar-refractivity contribution in [2.45, 2.75) is 20.4 Å². The van der Waals surface area contributed by atoms with Crippen LogP contribution in [-0.2, 0) is 6.54 Å². The van der Waals surface area contributed by atoms with Gasteiger partial charge in [0.25, 0.3) is 0 Å². The summed E-state index contributed by atoms with van der Waals surface area (Å²) in [5.74, 6) is 0.969. The summed E-state index contributed by atoms with van der Waals surface area (Å²) in [5.41, 5.74) is 1.86. The summed E-state index contributed by atoms with van der Waals surface area (Å²) in [6.07, 6.45) is 3.42. The van der Waals surface area contributed by atoms with Crippen LogP contribution in [0, 0.1) is 0 Å². The molecule has 0 saturated heterocycles. The van der Waals surface area contributed by atoms with Gasteiger partial charge in [-0.05, 0) is 53.3 Å². The molecule has 3 rings (SSSR count). The van der Waals surface area contributed by atoms with E-state index in [9.17, 15) is 4.79 Å². The smallest absolute Gasteiger partial charge is 0.298 e. The van der Waals surface area contributed by atoms with Gasteiger partial charge in [-0.1, -0.05) is 19.9 Å². The molecule has 0 saturated carbocycles. The minimum Gasteiger partial charge on any atom is -0.298 e. The van der Waals surface area contributed by atoms with Crippen LogP contribution in [-0.4, -0.2) is 39.0 Å². The molecule has 0 atom stereocenters.